The van der Waals surface area contributed by atoms with Crippen molar-refractivity contribution in [2.45, 2.75) is 26.3 Å². The summed E-state index contributed by atoms with van der Waals surface area (Å²) in [5.74, 6) is 4.30. The van der Waals surface area contributed by atoms with Crippen molar-refractivity contribution in [2.75, 3.05) is 31.1 Å². The second-order valence-corrected chi connectivity index (χ2v) is 11.3. The number of fused-ring (bicyclic) bond motifs is 1. The van der Waals surface area contributed by atoms with Gasteiger partial charge >= 0.3 is 5.97 Å². The van der Waals surface area contributed by atoms with Crippen LogP contribution >= 0.6 is 0 Å². The van der Waals surface area contributed by atoms with E-state index in [1.807, 2.05) is 55.5 Å². The fraction of sp³-hybridized carbons (Fsp3) is 0.310. The number of carbonyl (C=O) groups excluding carboxylic acids is 1. The molecule has 10 heteroatoms. The lowest BCUT2D eigenvalue weighted by Gasteiger charge is -2.36. The average molecular weight is 549 g/mol. The molecule has 1 saturated heterocycles. The summed E-state index contributed by atoms with van der Waals surface area (Å²) < 4.78 is 29.3. The predicted molar refractivity (Wildman–Crippen MR) is 152 cm³/mol. The molecule has 1 fully saturated rings. The number of nitrogens with zero attached hydrogens (tertiary/aromatic N) is 2. The van der Waals surface area contributed by atoms with Crippen LogP contribution in [0.3, 0.4) is 0 Å². The van der Waals surface area contributed by atoms with Crippen LogP contribution in [-0.2, 0) is 15.0 Å². The van der Waals surface area contributed by atoms with E-state index >= 15 is 0 Å². The number of primary amides is 1. The standard InChI is InChI=1S/C29H32N4O5S/c1-3-20(2)27(29(35)36)31-39(37,38)33-17-15-32(16-18-33)24-13-10-21(11-14-24)7-8-22-9-12-23-5-4-6-25(28(30)34)26(23)19-22/h4-6,9-14,19-20,27,31H,3,15-18H2,1-2H3,(H2,30,34)(H,35,36). The van der Waals surface area contributed by atoms with Gasteiger partial charge in [0.25, 0.3) is 10.2 Å². The van der Waals surface area contributed by atoms with Gasteiger partial charge in [0.15, 0.2) is 0 Å². The molecular formula is C29H32N4O5S. The quantitative estimate of drug-likeness (QED) is 0.371. The van der Waals surface area contributed by atoms with Crippen molar-refractivity contribution in [1.29, 1.82) is 0 Å². The number of piperazine rings is 1. The van der Waals surface area contributed by atoms with Crippen LogP contribution in [0.25, 0.3) is 10.8 Å². The normalized spacial score (nSPS) is 15.8. The molecule has 1 amide bonds. The van der Waals surface area contributed by atoms with Gasteiger partial charge < -0.3 is 15.7 Å². The highest BCUT2D eigenvalue weighted by Gasteiger charge is 2.33. The second-order valence-electron chi connectivity index (χ2n) is 9.61. The maximum atomic E-state index is 12.8. The Bertz CT molecular complexity index is 1540. The van der Waals surface area contributed by atoms with Crippen LogP contribution in [0.15, 0.2) is 60.7 Å². The first-order valence-electron chi connectivity index (χ1n) is 12.8. The van der Waals surface area contributed by atoms with Crippen LogP contribution in [-0.4, -0.2) is 61.9 Å². The fourth-order valence-corrected chi connectivity index (χ4v) is 5.98. The Kier molecular flexibility index (Phi) is 8.55. The molecule has 39 heavy (non-hydrogen) atoms. The molecule has 1 heterocycles. The Morgan fingerprint density at radius 3 is 2.26 bits per heavy atom. The van der Waals surface area contributed by atoms with Crippen molar-refractivity contribution < 1.29 is 23.1 Å². The fourth-order valence-electron chi connectivity index (χ4n) is 4.53. The molecule has 4 rings (SSSR count). The van der Waals surface area contributed by atoms with E-state index in [-0.39, 0.29) is 19.0 Å². The smallest absolute Gasteiger partial charge is 0.322 e. The Balaban J connectivity index is 1.40. The molecule has 0 aromatic heterocycles. The van der Waals surface area contributed by atoms with Crippen molar-refractivity contribution in [3.8, 4) is 11.8 Å². The minimum atomic E-state index is -3.92. The molecule has 0 spiro atoms. The molecule has 3 aromatic rings. The molecule has 204 valence electrons. The number of carboxylic acids is 1. The molecule has 0 radical (unpaired) electrons. The maximum Gasteiger partial charge on any atom is 0.322 e. The summed E-state index contributed by atoms with van der Waals surface area (Å²) in [6.45, 7) is 5.00. The van der Waals surface area contributed by atoms with Crippen molar-refractivity contribution in [2.24, 2.45) is 11.7 Å². The van der Waals surface area contributed by atoms with Gasteiger partial charge in [0.05, 0.1) is 0 Å². The van der Waals surface area contributed by atoms with E-state index in [9.17, 15) is 23.1 Å². The number of rotatable bonds is 8. The number of benzene rings is 3. The third kappa shape index (κ3) is 6.57. The summed E-state index contributed by atoms with van der Waals surface area (Å²) >= 11 is 0. The molecule has 1 aliphatic heterocycles. The van der Waals surface area contributed by atoms with E-state index in [2.05, 4.69) is 21.5 Å². The zero-order valence-electron chi connectivity index (χ0n) is 21.9. The monoisotopic (exact) mass is 548 g/mol. The van der Waals surface area contributed by atoms with Crippen LogP contribution in [0.1, 0.15) is 41.8 Å². The summed E-state index contributed by atoms with van der Waals surface area (Å²) in [5.41, 5.74) is 8.50. The Morgan fingerprint density at radius 1 is 1.00 bits per heavy atom. The molecule has 0 saturated carbocycles. The lowest BCUT2D eigenvalue weighted by molar-refractivity contribution is -0.140. The van der Waals surface area contributed by atoms with Crippen LogP contribution in [0.4, 0.5) is 5.69 Å². The van der Waals surface area contributed by atoms with Gasteiger partial charge in [0.2, 0.25) is 5.91 Å². The number of nitrogens with two attached hydrogens (primary N) is 1. The first-order valence-corrected chi connectivity index (χ1v) is 14.2. The topological polar surface area (TPSA) is 133 Å². The number of carbonyl (C=O) groups is 2. The largest absolute Gasteiger partial charge is 0.480 e. The third-order valence-corrected chi connectivity index (χ3v) is 8.66. The molecule has 2 unspecified atom stereocenters. The van der Waals surface area contributed by atoms with E-state index in [1.54, 1.807) is 19.1 Å². The predicted octanol–water partition coefficient (Wildman–Crippen LogP) is 2.79. The van der Waals surface area contributed by atoms with Crippen molar-refractivity contribution in [3.05, 3.63) is 77.4 Å². The number of anilines is 1. The van der Waals surface area contributed by atoms with E-state index in [0.717, 1.165) is 27.6 Å². The van der Waals surface area contributed by atoms with Crippen molar-refractivity contribution in [3.63, 3.8) is 0 Å². The van der Waals surface area contributed by atoms with Crippen LogP contribution < -0.4 is 15.4 Å². The number of amides is 1. The summed E-state index contributed by atoms with van der Waals surface area (Å²) in [7, 11) is -3.92. The van der Waals surface area contributed by atoms with Gasteiger partial charge in [-0.15, -0.1) is 0 Å². The Labute approximate surface area is 228 Å². The average Bonchev–Trinajstić information content (AvgIpc) is 2.94. The minimum Gasteiger partial charge on any atom is -0.480 e. The van der Waals surface area contributed by atoms with Gasteiger partial charge in [-0.2, -0.15) is 17.4 Å². The molecule has 0 bridgehead atoms. The molecule has 3 aromatic carbocycles. The summed E-state index contributed by atoms with van der Waals surface area (Å²) in [4.78, 5) is 25.4. The van der Waals surface area contributed by atoms with E-state index < -0.39 is 28.1 Å². The summed E-state index contributed by atoms with van der Waals surface area (Å²) in [6, 6.07) is 17.6. The van der Waals surface area contributed by atoms with Gasteiger partial charge in [0, 0.05) is 48.6 Å². The molecular weight excluding hydrogens is 516 g/mol. The minimum absolute atomic E-state index is 0.249. The Morgan fingerprint density at radius 2 is 1.64 bits per heavy atom. The van der Waals surface area contributed by atoms with E-state index in [0.29, 0.717) is 25.1 Å². The third-order valence-electron chi connectivity index (χ3n) is 7.06. The summed E-state index contributed by atoms with van der Waals surface area (Å²) in [5, 5.41) is 11.1. The lowest BCUT2D eigenvalue weighted by atomic mass is 10.0. The maximum absolute atomic E-state index is 12.8. The highest BCUT2D eigenvalue weighted by Crippen LogP contribution is 2.21. The molecule has 2 atom stereocenters. The second kappa shape index (κ2) is 11.9. The Hall–Kier alpha value is -3.91. The van der Waals surface area contributed by atoms with E-state index in [1.165, 1.54) is 4.31 Å². The number of nitrogens with one attached hydrogen (secondary N) is 1. The highest BCUT2D eigenvalue weighted by molar-refractivity contribution is 7.87. The zero-order valence-corrected chi connectivity index (χ0v) is 22.7. The van der Waals surface area contributed by atoms with Gasteiger partial charge in [-0.1, -0.05) is 50.3 Å². The highest BCUT2D eigenvalue weighted by atomic mass is 32.2. The van der Waals surface area contributed by atoms with Gasteiger partial charge in [-0.05, 0) is 59.2 Å². The number of carboxylic acid groups (broad SMARTS) is 1. The lowest BCUT2D eigenvalue weighted by Crippen LogP contribution is -2.56. The van der Waals surface area contributed by atoms with Crippen molar-refractivity contribution >= 4 is 38.5 Å². The van der Waals surface area contributed by atoms with Gasteiger partial charge in [0.1, 0.15) is 6.04 Å². The molecule has 9 nitrogen and oxygen atoms in total. The van der Waals surface area contributed by atoms with Crippen LogP contribution in [0.2, 0.25) is 0 Å². The number of hydrogen-bond donors (Lipinski definition) is 3. The first-order chi connectivity index (χ1) is 18.6. The number of aliphatic carboxylic acids is 1. The van der Waals surface area contributed by atoms with Gasteiger partial charge in [-0.3, -0.25) is 9.59 Å². The van der Waals surface area contributed by atoms with E-state index in [4.69, 9.17) is 5.73 Å². The zero-order chi connectivity index (χ0) is 28.2. The van der Waals surface area contributed by atoms with Gasteiger partial charge in [-0.25, -0.2) is 0 Å². The van der Waals surface area contributed by atoms with Crippen LogP contribution in [0, 0.1) is 17.8 Å². The summed E-state index contributed by atoms with van der Waals surface area (Å²) in [6.07, 6.45) is 0.548. The molecule has 4 N–H and O–H groups in total. The molecule has 1 aliphatic rings. The molecule has 0 aliphatic carbocycles. The van der Waals surface area contributed by atoms with Crippen LogP contribution in [0.5, 0.6) is 0 Å². The number of hydrogen-bond acceptors (Lipinski definition) is 5. The first kappa shape index (κ1) is 28.1. The van der Waals surface area contributed by atoms with Crippen molar-refractivity contribution in [1.82, 2.24) is 9.03 Å². The SMILES string of the molecule is CCC(C)C(NS(=O)(=O)N1CCN(c2ccc(C#Cc3ccc4cccc(C(N)=O)c4c3)cc2)CC1)C(=O)O.